The standard InChI is InChI=1S/C20H24N2O6S/c1-14(16-6-4-5-7-17(16)26-2)21-20(23)13-22(29(3,24)25)15-8-9-18-19(12-15)28-11-10-27-18/h4-9,12,14H,10-11,13H2,1-3H3,(H,21,23)/t14-/m0/s1. The largest absolute Gasteiger partial charge is 0.496 e. The van der Waals surface area contributed by atoms with Crippen molar-refractivity contribution in [3.63, 3.8) is 0 Å². The SMILES string of the molecule is COc1ccccc1[C@H](C)NC(=O)CN(c1ccc2c(c1)OCCO2)S(C)(=O)=O. The maximum atomic E-state index is 12.6. The lowest BCUT2D eigenvalue weighted by Gasteiger charge is -2.25. The summed E-state index contributed by atoms with van der Waals surface area (Å²) in [5, 5.41) is 2.82. The van der Waals surface area contributed by atoms with Crippen molar-refractivity contribution < 1.29 is 27.4 Å². The van der Waals surface area contributed by atoms with Gasteiger partial charge in [-0.05, 0) is 25.1 Å². The molecule has 156 valence electrons. The Hall–Kier alpha value is -2.94. The number of anilines is 1. The molecular formula is C20H24N2O6S. The van der Waals surface area contributed by atoms with E-state index in [1.165, 1.54) is 0 Å². The molecule has 0 spiro atoms. The molecule has 1 N–H and O–H groups in total. The molecule has 3 rings (SSSR count). The Kier molecular flexibility index (Phi) is 6.17. The highest BCUT2D eigenvalue weighted by atomic mass is 32.2. The number of ether oxygens (including phenoxy) is 3. The number of nitrogens with one attached hydrogen (secondary N) is 1. The topological polar surface area (TPSA) is 94.2 Å². The average Bonchev–Trinajstić information content (AvgIpc) is 2.70. The molecule has 0 unspecified atom stereocenters. The first-order chi connectivity index (χ1) is 13.8. The number of amides is 1. The van der Waals surface area contributed by atoms with E-state index in [0.717, 1.165) is 16.1 Å². The molecule has 1 aliphatic rings. The Bertz CT molecular complexity index is 992. The van der Waals surface area contributed by atoms with Crippen molar-refractivity contribution in [3.8, 4) is 17.2 Å². The monoisotopic (exact) mass is 420 g/mol. The molecule has 29 heavy (non-hydrogen) atoms. The van der Waals surface area contributed by atoms with Gasteiger partial charge < -0.3 is 19.5 Å². The van der Waals surface area contributed by atoms with Crippen molar-refractivity contribution in [3.05, 3.63) is 48.0 Å². The molecule has 1 atom stereocenters. The predicted molar refractivity (Wildman–Crippen MR) is 109 cm³/mol. The van der Waals surface area contributed by atoms with Gasteiger partial charge in [0, 0.05) is 11.6 Å². The van der Waals surface area contributed by atoms with Crippen LogP contribution in [0.4, 0.5) is 5.69 Å². The van der Waals surface area contributed by atoms with E-state index in [1.807, 2.05) is 25.1 Å². The lowest BCUT2D eigenvalue weighted by Crippen LogP contribution is -2.41. The molecule has 1 amide bonds. The zero-order valence-electron chi connectivity index (χ0n) is 16.5. The Morgan fingerprint density at radius 3 is 2.55 bits per heavy atom. The molecule has 0 aliphatic carbocycles. The van der Waals surface area contributed by atoms with Crippen LogP contribution in [0.1, 0.15) is 18.5 Å². The summed E-state index contributed by atoms with van der Waals surface area (Å²) in [6.45, 7) is 2.26. The molecule has 2 aromatic rings. The summed E-state index contributed by atoms with van der Waals surface area (Å²) >= 11 is 0. The molecule has 0 radical (unpaired) electrons. The third-order valence-electron chi connectivity index (χ3n) is 4.48. The van der Waals surface area contributed by atoms with Gasteiger partial charge in [-0.1, -0.05) is 18.2 Å². The summed E-state index contributed by atoms with van der Waals surface area (Å²) in [5.41, 5.74) is 1.13. The van der Waals surface area contributed by atoms with Gasteiger partial charge in [0.1, 0.15) is 25.5 Å². The minimum atomic E-state index is -3.70. The fourth-order valence-electron chi connectivity index (χ4n) is 3.11. The minimum absolute atomic E-state index is 0.330. The minimum Gasteiger partial charge on any atom is -0.496 e. The number of carbonyl (C=O) groups excluding carboxylic acids is 1. The Morgan fingerprint density at radius 2 is 1.86 bits per heavy atom. The molecule has 1 aliphatic heterocycles. The molecule has 0 saturated heterocycles. The molecule has 0 fully saturated rings. The highest BCUT2D eigenvalue weighted by Gasteiger charge is 2.24. The molecule has 0 aromatic heterocycles. The summed E-state index contributed by atoms with van der Waals surface area (Å²) in [7, 11) is -2.15. The highest BCUT2D eigenvalue weighted by molar-refractivity contribution is 7.92. The first kappa shape index (κ1) is 20.8. The molecule has 2 aromatic carbocycles. The average molecular weight is 420 g/mol. The van der Waals surface area contributed by atoms with E-state index in [2.05, 4.69) is 5.32 Å². The highest BCUT2D eigenvalue weighted by Crippen LogP contribution is 2.34. The maximum Gasteiger partial charge on any atom is 0.241 e. The smallest absolute Gasteiger partial charge is 0.241 e. The number of fused-ring (bicyclic) bond motifs is 1. The molecular weight excluding hydrogens is 396 g/mol. The second-order valence-electron chi connectivity index (χ2n) is 6.63. The summed E-state index contributed by atoms with van der Waals surface area (Å²) in [4.78, 5) is 12.6. The van der Waals surface area contributed by atoms with E-state index in [4.69, 9.17) is 14.2 Å². The first-order valence-electron chi connectivity index (χ1n) is 9.09. The van der Waals surface area contributed by atoms with Crippen molar-refractivity contribution in [2.75, 3.05) is 37.4 Å². The summed E-state index contributed by atoms with van der Waals surface area (Å²) in [6, 6.07) is 11.8. The Balaban J connectivity index is 1.78. The van der Waals surface area contributed by atoms with Crippen LogP contribution in [0.25, 0.3) is 0 Å². The predicted octanol–water partition coefficient (Wildman–Crippen LogP) is 2.11. The van der Waals surface area contributed by atoms with Crippen molar-refractivity contribution in [2.24, 2.45) is 0 Å². The second-order valence-corrected chi connectivity index (χ2v) is 8.54. The summed E-state index contributed by atoms with van der Waals surface area (Å²) < 4.78 is 42.0. The van der Waals surface area contributed by atoms with E-state index in [0.29, 0.717) is 36.1 Å². The number of para-hydroxylation sites is 1. The maximum absolute atomic E-state index is 12.6. The number of hydrogen-bond donors (Lipinski definition) is 1. The number of rotatable bonds is 7. The fraction of sp³-hybridized carbons (Fsp3) is 0.350. The van der Waals surface area contributed by atoms with Crippen LogP contribution in [0.2, 0.25) is 0 Å². The van der Waals surface area contributed by atoms with Crippen LogP contribution in [-0.4, -0.2) is 47.4 Å². The van der Waals surface area contributed by atoms with Crippen LogP contribution in [0, 0.1) is 0 Å². The third-order valence-corrected chi connectivity index (χ3v) is 5.62. The van der Waals surface area contributed by atoms with Gasteiger partial charge in [-0.15, -0.1) is 0 Å². The number of methoxy groups -OCH3 is 1. The number of nitrogens with zero attached hydrogens (tertiary/aromatic N) is 1. The van der Waals surface area contributed by atoms with Gasteiger partial charge in [-0.25, -0.2) is 8.42 Å². The third kappa shape index (κ3) is 4.92. The van der Waals surface area contributed by atoms with Gasteiger partial charge in [-0.2, -0.15) is 0 Å². The van der Waals surface area contributed by atoms with Gasteiger partial charge in [0.2, 0.25) is 15.9 Å². The van der Waals surface area contributed by atoms with Crippen molar-refractivity contribution in [1.29, 1.82) is 0 Å². The molecule has 9 heteroatoms. The van der Waals surface area contributed by atoms with Crippen LogP contribution in [0.15, 0.2) is 42.5 Å². The van der Waals surface area contributed by atoms with Crippen molar-refractivity contribution in [2.45, 2.75) is 13.0 Å². The zero-order valence-corrected chi connectivity index (χ0v) is 17.4. The Morgan fingerprint density at radius 1 is 1.17 bits per heavy atom. The van der Waals surface area contributed by atoms with Crippen LogP contribution < -0.4 is 23.8 Å². The van der Waals surface area contributed by atoms with Crippen LogP contribution >= 0.6 is 0 Å². The fourth-order valence-corrected chi connectivity index (χ4v) is 3.95. The summed E-state index contributed by atoms with van der Waals surface area (Å²) in [5.74, 6) is 1.20. The van der Waals surface area contributed by atoms with Crippen molar-refractivity contribution in [1.82, 2.24) is 5.32 Å². The van der Waals surface area contributed by atoms with Crippen LogP contribution in [0.5, 0.6) is 17.2 Å². The molecule has 8 nitrogen and oxygen atoms in total. The molecule has 1 heterocycles. The van der Waals surface area contributed by atoms with Gasteiger partial charge in [0.25, 0.3) is 0 Å². The van der Waals surface area contributed by atoms with E-state index < -0.39 is 15.9 Å². The Labute approximate surface area is 170 Å². The molecule has 0 saturated carbocycles. The van der Waals surface area contributed by atoms with Crippen molar-refractivity contribution >= 4 is 21.6 Å². The van der Waals surface area contributed by atoms with Gasteiger partial charge in [0.15, 0.2) is 11.5 Å². The number of hydrogen-bond acceptors (Lipinski definition) is 6. The molecule has 0 bridgehead atoms. The van der Waals surface area contributed by atoms with Crippen LogP contribution in [-0.2, 0) is 14.8 Å². The quantitative estimate of drug-likeness (QED) is 0.737. The van der Waals surface area contributed by atoms with Gasteiger partial charge in [0.05, 0.1) is 25.1 Å². The zero-order chi connectivity index (χ0) is 21.0. The lowest BCUT2D eigenvalue weighted by molar-refractivity contribution is -0.120. The van der Waals surface area contributed by atoms with E-state index >= 15 is 0 Å². The van der Waals surface area contributed by atoms with Gasteiger partial charge >= 0.3 is 0 Å². The van der Waals surface area contributed by atoms with E-state index in [9.17, 15) is 13.2 Å². The summed E-state index contributed by atoms with van der Waals surface area (Å²) in [6.07, 6.45) is 1.06. The van der Waals surface area contributed by atoms with Gasteiger partial charge in [-0.3, -0.25) is 9.10 Å². The van der Waals surface area contributed by atoms with E-state index in [-0.39, 0.29) is 12.6 Å². The van der Waals surface area contributed by atoms with E-state index in [1.54, 1.807) is 31.4 Å². The first-order valence-corrected chi connectivity index (χ1v) is 10.9. The second kappa shape index (κ2) is 8.60. The number of benzene rings is 2. The number of sulfonamides is 1. The normalized spacial score (nSPS) is 14.0. The van der Waals surface area contributed by atoms with Crippen LogP contribution in [0.3, 0.4) is 0 Å². The number of carbonyl (C=O) groups is 1. The lowest BCUT2D eigenvalue weighted by atomic mass is 10.1.